The Balaban J connectivity index is 2.07. The summed E-state index contributed by atoms with van der Waals surface area (Å²) >= 11 is 1.42. The van der Waals surface area contributed by atoms with Gasteiger partial charge in [0.2, 0.25) is 10.0 Å². The molecular formula is C11H16N4O2S2. The molecule has 2 aromatic rings. The van der Waals surface area contributed by atoms with Crippen LogP contribution in [-0.2, 0) is 30.2 Å². The molecular weight excluding hydrogens is 284 g/mol. The first-order valence-corrected chi connectivity index (χ1v) is 8.07. The molecule has 8 heteroatoms. The monoisotopic (exact) mass is 300 g/mol. The first-order chi connectivity index (χ1) is 9.03. The number of sulfonamides is 1. The van der Waals surface area contributed by atoms with E-state index in [0.29, 0.717) is 17.3 Å². The van der Waals surface area contributed by atoms with Gasteiger partial charge < -0.3 is 9.88 Å². The number of hydrogen-bond donors (Lipinski definition) is 2. The molecule has 2 rings (SSSR count). The van der Waals surface area contributed by atoms with E-state index in [-0.39, 0.29) is 6.54 Å². The summed E-state index contributed by atoms with van der Waals surface area (Å²) in [5.41, 5.74) is 0. The Bertz CT molecular complexity index is 645. The van der Waals surface area contributed by atoms with E-state index in [1.807, 2.05) is 14.1 Å². The van der Waals surface area contributed by atoms with Gasteiger partial charge in [-0.1, -0.05) is 0 Å². The topological polar surface area (TPSA) is 76.0 Å². The lowest BCUT2D eigenvalue weighted by atomic mass is 10.5. The smallest absolute Gasteiger partial charge is 0.241 e. The molecule has 0 spiro atoms. The molecule has 0 saturated heterocycles. The van der Waals surface area contributed by atoms with E-state index in [1.54, 1.807) is 28.4 Å². The Hall–Kier alpha value is -1.22. The first kappa shape index (κ1) is 14.2. The number of aromatic nitrogens is 2. The predicted octanol–water partition coefficient (Wildman–Crippen LogP) is 0.679. The summed E-state index contributed by atoms with van der Waals surface area (Å²) in [7, 11) is 0.181. The number of imidazole rings is 1. The van der Waals surface area contributed by atoms with Crippen molar-refractivity contribution in [2.75, 3.05) is 7.05 Å². The van der Waals surface area contributed by atoms with Crippen LogP contribution >= 0.6 is 11.3 Å². The van der Waals surface area contributed by atoms with Crippen LogP contribution in [0.1, 0.15) is 10.7 Å². The second-order valence-electron chi connectivity index (χ2n) is 4.06. The molecule has 0 atom stereocenters. The third-order valence-corrected chi connectivity index (χ3v) is 5.10. The third kappa shape index (κ3) is 3.41. The molecule has 0 radical (unpaired) electrons. The Morgan fingerprint density at radius 3 is 2.84 bits per heavy atom. The average Bonchev–Trinajstić information content (AvgIpc) is 2.97. The van der Waals surface area contributed by atoms with Gasteiger partial charge in [-0.25, -0.2) is 18.1 Å². The van der Waals surface area contributed by atoms with Gasteiger partial charge in [0.1, 0.15) is 5.82 Å². The van der Waals surface area contributed by atoms with Gasteiger partial charge in [-0.2, -0.15) is 0 Å². The van der Waals surface area contributed by atoms with Crippen molar-refractivity contribution in [3.05, 3.63) is 34.5 Å². The van der Waals surface area contributed by atoms with Gasteiger partial charge in [0.15, 0.2) is 0 Å². The van der Waals surface area contributed by atoms with Crippen LogP contribution in [0.5, 0.6) is 0 Å². The maximum Gasteiger partial charge on any atom is 0.241 e. The largest absolute Gasteiger partial charge is 0.337 e. The highest BCUT2D eigenvalue weighted by Crippen LogP contribution is 2.19. The molecule has 0 amide bonds. The number of aryl methyl sites for hydroxylation is 1. The lowest BCUT2D eigenvalue weighted by molar-refractivity contribution is 0.578. The van der Waals surface area contributed by atoms with Gasteiger partial charge in [0.25, 0.3) is 0 Å². The molecule has 0 aliphatic heterocycles. The first-order valence-electron chi connectivity index (χ1n) is 5.71. The van der Waals surface area contributed by atoms with E-state index in [4.69, 9.17) is 0 Å². The van der Waals surface area contributed by atoms with Gasteiger partial charge >= 0.3 is 0 Å². The molecule has 2 N–H and O–H groups in total. The van der Waals surface area contributed by atoms with E-state index in [9.17, 15) is 8.42 Å². The van der Waals surface area contributed by atoms with Crippen LogP contribution in [0, 0.1) is 0 Å². The minimum absolute atomic E-state index is 0.184. The van der Waals surface area contributed by atoms with Crippen molar-refractivity contribution in [1.29, 1.82) is 0 Å². The molecule has 0 aliphatic rings. The van der Waals surface area contributed by atoms with Crippen LogP contribution in [-0.4, -0.2) is 25.0 Å². The molecule has 0 aliphatic carbocycles. The lowest BCUT2D eigenvalue weighted by Gasteiger charge is -2.05. The van der Waals surface area contributed by atoms with E-state index in [1.165, 1.54) is 11.3 Å². The maximum absolute atomic E-state index is 12.1. The van der Waals surface area contributed by atoms with Crippen LogP contribution < -0.4 is 10.0 Å². The van der Waals surface area contributed by atoms with Crippen LogP contribution in [0.3, 0.4) is 0 Å². The zero-order chi connectivity index (χ0) is 13.9. The van der Waals surface area contributed by atoms with E-state index >= 15 is 0 Å². The Morgan fingerprint density at radius 1 is 1.42 bits per heavy atom. The van der Waals surface area contributed by atoms with Crippen molar-refractivity contribution >= 4 is 21.4 Å². The molecule has 0 aromatic carbocycles. The normalized spacial score (nSPS) is 11.9. The highest BCUT2D eigenvalue weighted by atomic mass is 32.2. The molecule has 2 aromatic heterocycles. The fourth-order valence-corrected chi connectivity index (χ4v) is 3.85. The molecule has 0 fully saturated rings. The van der Waals surface area contributed by atoms with Gasteiger partial charge in [-0.15, -0.1) is 11.3 Å². The summed E-state index contributed by atoms with van der Waals surface area (Å²) < 4.78 is 28.5. The molecule has 6 nitrogen and oxygen atoms in total. The SMILES string of the molecule is CNCc1cc(S(=O)(=O)NCc2nccn2C)cs1. The van der Waals surface area contributed by atoms with Crippen LogP contribution in [0.4, 0.5) is 0 Å². The predicted molar refractivity (Wildman–Crippen MR) is 74.3 cm³/mol. The van der Waals surface area contributed by atoms with Crippen molar-refractivity contribution < 1.29 is 8.42 Å². The van der Waals surface area contributed by atoms with Gasteiger partial charge in [-0.05, 0) is 13.1 Å². The zero-order valence-electron chi connectivity index (χ0n) is 10.8. The Kier molecular flexibility index (Phi) is 4.35. The molecule has 0 unspecified atom stereocenters. The summed E-state index contributed by atoms with van der Waals surface area (Å²) in [5, 5.41) is 4.64. The fourth-order valence-electron chi connectivity index (χ4n) is 1.58. The van der Waals surface area contributed by atoms with E-state index < -0.39 is 10.0 Å². The molecule has 0 saturated carbocycles. The second-order valence-corrected chi connectivity index (χ2v) is 6.82. The minimum atomic E-state index is -3.47. The Labute approximate surface area is 116 Å². The van der Waals surface area contributed by atoms with Gasteiger partial charge in [0, 0.05) is 36.2 Å². The standard InChI is InChI=1S/C11H16N4O2S2/c1-12-6-9-5-10(8-18-9)19(16,17)14-7-11-13-3-4-15(11)2/h3-5,8,12,14H,6-7H2,1-2H3. The van der Waals surface area contributed by atoms with Gasteiger partial charge in [-0.3, -0.25) is 0 Å². The van der Waals surface area contributed by atoms with Crippen molar-refractivity contribution in [3.8, 4) is 0 Å². The summed E-state index contributed by atoms with van der Waals surface area (Å²) in [6.07, 6.45) is 3.42. The third-order valence-electron chi connectivity index (χ3n) is 2.63. The number of rotatable bonds is 6. The highest BCUT2D eigenvalue weighted by molar-refractivity contribution is 7.89. The van der Waals surface area contributed by atoms with Crippen molar-refractivity contribution in [2.45, 2.75) is 18.0 Å². The number of thiophene rings is 1. The number of nitrogens with one attached hydrogen (secondary N) is 2. The molecule has 19 heavy (non-hydrogen) atoms. The van der Waals surface area contributed by atoms with Crippen molar-refractivity contribution in [3.63, 3.8) is 0 Å². The highest BCUT2D eigenvalue weighted by Gasteiger charge is 2.16. The van der Waals surface area contributed by atoms with Crippen LogP contribution in [0.2, 0.25) is 0 Å². The van der Waals surface area contributed by atoms with Gasteiger partial charge in [0.05, 0.1) is 11.4 Å². The summed E-state index contributed by atoms with van der Waals surface area (Å²) in [6, 6.07) is 1.68. The molecule has 104 valence electrons. The zero-order valence-corrected chi connectivity index (χ0v) is 12.4. The summed E-state index contributed by atoms with van der Waals surface area (Å²) in [4.78, 5) is 5.36. The van der Waals surface area contributed by atoms with E-state index in [2.05, 4.69) is 15.0 Å². The summed E-state index contributed by atoms with van der Waals surface area (Å²) in [6.45, 7) is 0.850. The van der Waals surface area contributed by atoms with E-state index in [0.717, 1.165) is 4.88 Å². The molecule has 2 heterocycles. The Morgan fingerprint density at radius 2 is 2.21 bits per heavy atom. The summed E-state index contributed by atoms with van der Waals surface area (Å²) in [5.74, 6) is 0.675. The maximum atomic E-state index is 12.1. The van der Waals surface area contributed by atoms with Crippen LogP contribution in [0.25, 0.3) is 0 Å². The minimum Gasteiger partial charge on any atom is -0.337 e. The van der Waals surface area contributed by atoms with Crippen molar-refractivity contribution in [2.24, 2.45) is 7.05 Å². The second kappa shape index (κ2) is 5.83. The van der Waals surface area contributed by atoms with Crippen molar-refractivity contribution in [1.82, 2.24) is 19.6 Å². The average molecular weight is 300 g/mol. The fraction of sp³-hybridized carbons (Fsp3) is 0.364. The quantitative estimate of drug-likeness (QED) is 0.822. The van der Waals surface area contributed by atoms with Crippen LogP contribution in [0.15, 0.2) is 28.7 Å². The molecule has 0 bridgehead atoms. The number of hydrogen-bond acceptors (Lipinski definition) is 5. The number of nitrogens with zero attached hydrogens (tertiary/aromatic N) is 2. The lowest BCUT2D eigenvalue weighted by Crippen LogP contribution is -2.24.